The Hall–Kier alpha value is -1.16. The van der Waals surface area contributed by atoms with Gasteiger partial charge in [-0.1, -0.05) is 57.9 Å². The first kappa shape index (κ1) is 14.3. The summed E-state index contributed by atoms with van der Waals surface area (Å²) in [5.41, 5.74) is 1.92. The highest BCUT2D eigenvalue weighted by molar-refractivity contribution is 9.10. The average Bonchev–Trinajstić information content (AvgIpc) is 2.43. The molecule has 2 rings (SSSR count). The summed E-state index contributed by atoms with van der Waals surface area (Å²) in [6.07, 6.45) is 0.875. The Morgan fingerprint density at radius 2 is 1.84 bits per heavy atom. The Kier molecular flexibility index (Phi) is 5.14. The zero-order valence-corrected chi connectivity index (χ0v) is 12.5. The number of halogens is 2. The van der Waals surface area contributed by atoms with E-state index in [9.17, 15) is 4.79 Å². The SMILES string of the molecule is O=C[C@@H](NCc1ccc(Br)cc1)c1ccccc1Cl. The van der Waals surface area contributed by atoms with Crippen LogP contribution in [0.1, 0.15) is 17.2 Å². The van der Waals surface area contributed by atoms with Gasteiger partial charge < -0.3 is 4.79 Å². The lowest BCUT2D eigenvalue weighted by atomic mass is 10.1. The first-order valence-corrected chi connectivity index (χ1v) is 7.05. The van der Waals surface area contributed by atoms with Crippen molar-refractivity contribution in [3.8, 4) is 0 Å². The first-order valence-electron chi connectivity index (χ1n) is 5.88. The quantitative estimate of drug-likeness (QED) is 0.830. The van der Waals surface area contributed by atoms with Crippen LogP contribution < -0.4 is 5.32 Å². The maximum atomic E-state index is 11.2. The number of carbonyl (C=O) groups is 1. The van der Waals surface area contributed by atoms with Gasteiger partial charge in [-0.15, -0.1) is 0 Å². The van der Waals surface area contributed by atoms with Crippen LogP contribution in [-0.2, 0) is 11.3 Å². The van der Waals surface area contributed by atoms with Crippen LogP contribution in [-0.4, -0.2) is 6.29 Å². The predicted molar refractivity (Wildman–Crippen MR) is 81.2 cm³/mol. The standard InChI is InChI=1S/C15H13BrClNO/c16-12-7-5-11(6-8-12)9-18-15(10-19)13-3-1-2-4-14(13)17/h1-8,10,15,18H,9H2/t15-/m1/s1. The third-order valence-corrected chi connectivity index (χ3v) is 3.69. The third kappa shape index (κ3) is 3.90. The molecule has 0 aliphatic heterocycles. The minimum Gasteiger partial charge on any atom is -0.301 e. The summed E-state index contributed by atoms with van der Waals surface area (Å²) in [4.78, 5) is 11.2. The molecule has 0 saturated carbocycles. The van der Waals surface area contributed by atoms with E-state index in [0.29, 0.717) is 11.6 Å². The highest BCUT2D eigenvalue weighted by Gasteiger charge is 2.12. The maximum Gasteiger partial charge on any atom is 0.141 e. The lowest BCUT2D eigenvalue weighted by molar-refractivity contribution is -0.109. The highest BCUT2D eigenvalue weighted by atomic mass is 79.9. The highest BCUT2D eigenvalue weighted by Crippen LogP contribution is 2.21. The predicted octanol–water partition coefficient (Wildman–Crippen LogP) is 4.13. The largest absolute Gasteiger partial charge is 0.301 e. The topological polar surface area (TPSA) is 29.1 Å². The molecule has 98 valence electrons. The van der Waals surface area contributed by atoms with E-state index in [1.807, 2.05) is 42.5 Å². The fourth-order valence-corrected chi connectivity index (χ4v) is 2.31. The molecule has 0 spiro atoms. The molecule has 19 heavy (non-hydrogen) atoms. The van der Waals surface area contributed by atoms with E-state index < -0.39 is 6.04 Å². The summed E-state index contributed by atoms with van der Waals surface area (Å²) in [5, 5.41) is 3.79. The summed E-state index contributed by atoms with van der Waals surface area (Å²) >= 11 is 9.49. The van der Waals surface area contributed by atoms with Crippen LogP contribution in [0, 0.1) is 0 Å². The van der Waals surface area contributed by atoms with Crippen molar-refractivity contribution in [2.45, 2.75) is 12.6 Å². The molecular formula is C15H13BrClNO. The molecule has 0 aliphatic carbocycles. The van der Waals surface area contributed by atoms with Crippen molar-refractivity contribution in [1.82, 2.24) is 5.32 Å². The van der Waals surface area contributed by atoms with Crippen LogP contribution in [0.2, 0.25) is 5.02 Å². The van der Waals surface area contributed by atoms with Gasteiger partial charge in [-0.25, -0.2) is 0 Å². The summed E-state index contributed by atoms with van der Waals surface area (Å²) in [6.45, 7) is 0.613. The van der Waals surface area contributed by atoms with Crippen LogP contribution in [0.4, 0.5) is 0 Å². The van der Waals surface area contributed by atoms with Crippen molar-refractivity contribution in [3.05, 3.63) is 69.2 Å². The molecule has 0 aliphatic rings. The van der Waals surface area contributed by atoms with E-state index in [0.717, 1.165) is 21.9 Å². The number of nitrogens with one attached hydrogen (secondary N) is 1. The van der Waals surface area contributed by atoms with Crippen molar-refractivity contribution < 1.29 is 4.79 Å². The molecule has 1 atom stereocenters. The van der Waals surface area contributed by atoms with Gasteiger partial charge in [0.2, 0.25) is 0 Å². The maximum absolute atomic E-state index is 11.2. The van der Waals surface area contributed by atoms with Crippen molar-refractivity contribution in [2.24, 2.45) is 0 Å². The van der Waals surface area contributed by atoms with Crippen LogP contribution in [0.25, 0.3) is 0 Å². The Bertz CT molecular complexity index is 556. The van der Waals surface area contributed by atoms with Crippen LogP contribution >= 0.6 is 27.5 Å². The van der Waals surface area contributed by atoms with E-state index in [-0.39, 0.29) is 0 Å². The normalized spacial score (nSPS) is 12.1. The second-order valence-corrected chi connectivity index (χ2v) is 5.47. The minimum atomic E-state index is -0.391. The third-order valence-electron chi connectivity index (χ3n) is 2.82. The van der Waals surface area contributed by atoms with Gasteiger partial charge in [-0.3, -0.25) is 5.32 Å². The van der Waals surface area contributed by atoms with Crippen molar-refractivity contribution in [2.75, 3.05) is 0 Å². The fraction of sp³-hybridized carbons (Fsp3) is 0.133. The molecule has 0 saturated heterocycles. The molecule has 0 heterocycles. The van der Waals surface area contributed by atoms with Crippen LogP contribution in [0.5, 0.6) is 0 Å². The number of rotatable bonds is 5. The Labute approximate surface area is 125 Å². The average molecular weight is 339 g/mol. The lowest BCUT2D eigenvalue weighted by Gasteiger charge is -2.14. The number of hydrogen-bond acceptors (Lipinski definition) is 2. The van der Waals surface area contributed by atoms with Crippen molar-refractivity contribution in [1.29, 1.82) is 0 Å². The van der Waals surface area contributed by atoms with E-state index in [1.54, 1.807) is 6.07 Å². The molecule has 1 N–H and O–H groups in total. The first-order chi connectivity index (χ1) is 9.20. The monoisotopic (exact) mass is 337 g/mol. The number of aldehydes is 1. The van der Waals surface area contributed by atoms with E-state index in [1.165, 1.54) is 0 Å². The van der Waals surface area contributed by atoms with Gasteiger partial charge in [0.1, 0.15) is 6.29 Å². The molecule has 2 aromatic carbocycles. The Morgan fingerprint density at radius 1 is 1.16 bits per heavy atom. The van der Waals surface area contributed by atoms with Gasteiger partial charge in [0, 0.05) is 16.0 Å². The summed E-state index contributed by atoms with van der Waals surface area (Å²) in [6, 6.07) is 14.9. The number of hydrogen-bond donors (Lipinski definition) is 1. The summed E-state index contributed by atoms with van der Waals surface area (Å²) < 4.78 is 1.04. The van der Waals surface area contributed by atoms with Gasteiger partial charge in [0.15, 0.2) is 0 Å². The van der Waals surface area contributed by atoms with Crippen molar-refractivity contribution in [3.63, 3.8) is 0 Å². The number of benzene rings is 2. The van der Waals surface area contributed by atoms with E-state index in [4.69, 9.17) is 11.6 Å². The smallest absolute Gasteiger partial charge is 0.141 e. The second-order valence-electron chi connectivity index (χ2n) is 4.14. The molecule has 0 aromatic heterocycles. The zero-order chi connectivity index (χ0) is 13.7. The molecule has 0 amide bonds. The molecule has 0 unspecified atom stereocenters. The zero-order valence-electron chi connectivity index (χ0n) is 10.1. The fourth-order valence-electron chi connectivity index (χ4n) is 1.79. The number of carbonyl (C=O) groups excluding carboxylic acids is 1. The molecule has 4 heteroatoms. The van der Waals surface area contributed by atoms with Crippen molar-refractivity contribution >= 4 is 33.8 Å². The Morgan fingerprint density at radius 3 is 2.47 bits per heavy atom. The molecule has 0 fully saturated rings. The lowest BCUT2D eigenvalue weighted by Crippen LogP contribution is -2.22. The second kappa shape index (κ2) is 6.85. The molecule has 0 bridgehead atoms. The molecule has 2 nitrogen and oxygen atoms in total. The van der Waals surface area contributed by atoms with Gasteiger partial charge in [-0.05, 0) is 29.3 Å². The summed E-state index contributed by atoms with van der Waals surface area (Å²) in [7, 11) is 0. The summed E-state index contributed by atoms with van der Waals surface area (Å²) in [5.74, 6) is 0. The van der Waals surface area contributed by atoms with Crippen LogP contribution in [0.3, 0.4) is 0 Å². The van der Waals surface area contributed by atoms with Gasteiger partial charge >= 0.3 is 0 Å². The van der Waals surface area contributed by atoms with E-state index in [2.05, 4.69) is 21.2 Å². The molecule has 2 aromatic rings. The van der Waals surface area contributed by atoms with Gasteiger partial charge in [0.25, 0.3) is 0 Å². The van der Waals surface area contributed by atoms with Crippen LogP contribution in [0.15, 0.2) is 53.0 Å². The Balaban J connectivity index is 2.06. The van der Waals surface area contributed by atoms with Gasteiger partial charge in [-0.2, -0.15) is 0 Å². The molecule has 0 radical (unpaired) electrons. The van der Waals surface area contributed by atoms with Gasteiger partial charge in [0.05, 0.1) is 6.04 Å². The van der Waals surface area contributed by atoms with E-state index >= 15 is 0 Å². The minimum absolute atomic E-state index is 0.391. The molecular weight excluding hydrogens is 326 g/mol.